The van der Waals surface area contributed by atoms with E-state index in [0.717, 1.165) is 75.1 Å². The Morgan fingerprint density at radius 3 is 2.27 bits per heavy atom. The molecule has 51 heavy (non-hydrogen) atoms. The Morgan fingerprint density at radius 2 is 1.61 bits per heavy atom. The molecular weight excluding hydrogens is 689 g/mol. The minimum Gasteiger partial charge on any atom is -0.381 e. The smallest absolute Gasteiger partial charge is 0.262 e. The van der Waals surface area contributed by atoms with Gasteiger partial charge in [0, 0.05) is 64.0 Å². The van der Waals surface area contributed by atoms with Gasteiger partial charge in [-0.05, 0) is 91.5 Å². The molecule has 0 bridgehead atoms. The van der Waals surface area contributed by atoms with Crippen molar-refractivity contribution in [3.8, 4) is 33.0 Å². The Balaban J connectivity index is 1.13. The van der Waals surface area contributed by atoms with Crippen LogP contribution in [-0.2, 0) is 33.8 Å². The fourth-order valence-electron chi connectivity index (χ4n) is 8.22. The molecule has 0 radical (unpaired) electrons. The molecule has 4 aliphatic rings. The number of hydrogen-bond acceptors (Lipinski definition) is 8. The highest BCUT2D eigenvalue weighted by Crippen LogP contribution is 2.62. The molecule has 0 saturated heterocycles. The fourth-order valence-corrected chi connectivity index (χ4v) is 10.5. The summed E-state index contributed by atoms with van der Waals surface area (Å²) in [4.78, 5) is 32.3. The van der Waals surface area contributed by atoms with E-state index in [1.54, 1.807) is 34.4 Å². The van der Waals surface area contributed by atoms with E-state index in [9.17, 15) is 0 Å². The molecule has 3 aliphatic carbocycles. The minimum atomic E-state index is -1.00. The Labute approximate surface area is 311 Å². The summed E-state index contributed by atoms with van der Waals surface area (Å²) >= 11 is 4.93. The molecule has 1 aliphatic heterocycles. The molecule has 9 heteroatoms. The Bertz CT molecular complexity index is 2170. The van der Waals surface area contributed by atoms with E-state index in [2.05, 4.69) is 88.5 Å². The third-order valence-electron chi connectivity index (χ3n) is 11.0. The highest BCUT2D eigenvalue weighted by atomic mass is 32.2. The van der Waals surface area contributed by atoms with E-state index in [1.165, 1.54) is 24.0 Å². The number of fused-ring (bicyclic) bond motifs is 3. The van der Waals surface area contributed by atoms with Gasteiger partial charge in [-0.25, -0.2) is 15.0 Å². The first-order chi connectivity index (χ1) is 25.0. The lowest BCUT2D eigenvalue weighted by atomic mass is 9.61. The van der Waals surface area contributed by atoms with Gasteiger partial charge in [-0.3, -0.25) is 9.69 Å². The summed E-state index contributed by atoms with van der Waals surface area (Å²) in [6.45, 7) is 0.443. The van der Waals surface area contributed by atoms with Gasteiger partial charge < -0.3 is 4.74 Å². The second-order valence-corrected chi connectivity index (χ2v) is 16.9. The van der Waals surface area contributed by atoms with Crippen LogP contribution in [0, 0.1) is 23.2 Å². The number of benzene rings is 3. The van der Waals surface area contributed by atoms with E-state index in [4.69, 9.17) is 9.73 Å². The maximum Gasteiger partial charge on any atom is 0.262 e. The zero-order valence-electron chi connectivity index (χ0n) is 28.5. The number of carbonyl (C=O) groups is 1. The lowest BCUT2D eigenvalue weighted by Gasteiger charge is -2.45. The normalized spacial score (nSPS) is 23.8. The molecule has 1 unspecified atom stereocenters. The Morgan fingerprint density at radius 1 is 0.902 bits per heavy atom. The van der Waals surface area contributed by atoms with Crippen molar-refractivity contribution in [3.05, 3.63) is 118 Å². The summed E-state index contributed by atoms with van der Waals surface area (Å²) < 4.78 is 5.85. The molecule has 2 saturated carbocycles. The summed E-state index contributed by atoms with van der Waals surface area (Å²) in [7, 11) is 1.81. The van der Waals surface area contributed by atoms with E-state index in [-0.39, 0.29) is 17.4 Å². The number of ether oxygens (including phenoxy) is 1. The van der Waals surface area contributed by atoms with Gasteiger partial charge in [0.2, 0.25) is 0 Å². The van der Waals surface area contributed by atoms with Gasteiger partial charge in [0.15, 0.2) is 10.7 Å². The van der Waals surface area contributed by atoms with Crippen LogP contribution in [-0.4, -0.2) is 39.2 Å². The van der Waals surface area contributed by atoms with Crippen molar-refractivity contribution in [1.82, 2.24) is 14.9 Å². The number of aromatic nitrogens is 2. The third kappa shape index (κ3) is 6.06. The monoisotopic (exact) mass is 726 g/mol. The Kier molecular flexibility index (Phi) is 8.67. The topological polar surface area (TPSA) is 67.7 Å². The van der Waals surface area contributed by atoms with E-state index < -0.39 is 5.54 Å². The highest BCUT2D eigenvalue weighted by Gasteiger charge is 2.66. The standard InChI is InChI=1S/C42H38N4O2S3/c1-48-35-14-16-41(17-15-35)25-34-13-12-29(11-10-28-8-9-28)24-36(34)42(41)39(47)46(26-30-4-2-6-32(22-30)37-43-18-20-49-37)40(45-42)51-27-31-5-3-7-33(23-31)38-44-19-21-50-38/h2-7,12-13,18-24,28,35H,8-9,14-17,25-27H2,1H3. The van der Waals surface area contributed by atoms with Crippen molar-refractivity contribution < 1.29 is 9.53 Å². The molecule has 0 N–H and O–H groups in total. The van der Waals surface area contributed by atoms with Crippen LogP contribution in [0.2, 0.25) is 0 Å². The summed E-state index contributed by atoms with van der Waals surface area (Å²) in [6.07, 6.45) is 10.7. The predicted molar refractivity (Wildman–Crippen MR) is 208 cm³/mol. The van der Waals surface area contributed by atoms with Crippen molar-refractivity contribution in [2.75, 3.05) is 7.11 Å². The lowest BCUT2D eigenvalue weighted by molar-refractivity contribution is -0.138. The van der Waals surface area contributed by atoms with Gasteiger partial charge >= 0.3 is 0 Å². The number of rotatable bonds is 7. The summed E-state index contributed by atoms with van der Waals surface area (Å²) in [5, 5.41) is 6.78. The zero-order chi connectivity index (χ0) is 34.4. The summed E-state index contributed by atoms with van der Waals surface area (Å²) in [5.41, 5.74) is 6.34. The molecule has 5 aromatic rings. The van der Waals surface area contributed by atoms with Crippen LogP contribution in [0.25, 0.3) is 21.1 Å². The number of methoxy groups -OCH3 is 1. The van der Waals surface area contributed by atoms with Gasteiger partial charge in [-0.2, -0.15) is 0 Å². The molecule has 3 heterocycles. The predicted octanol–water partition coefficient (Wildman–Crippen LogP) is 9.35. The van der Waals surface area contributed by atoms with Gasteiger partial charge in [0.1, 0.15) is 10.0 Å². The lowest BCUT2D eigenvalue weighted by Crippen LogP contribution is -2.51. The average Bonchev–Trinajstić information content (AvgIpc) is 3.51. The van der Waals surface area contributed by atoms with Gasteiger partial charge in [-0.15, -0.1) is 22.7 Å². The molecular formula is C42H38N4O2S3. The zero-order valence-corrected chi connectivity index (χ0v) is 31.0. The van der Waals surface area contributed by atoms with Crippen LogP contribution in [0.5, 0.6) is 0 Å². The maximum absolute atomic E-state index is 15.6. The molecule has 6 nitrogen and oxygen atoms in total. The third-order valence-corrected chi connectivity index (χ3v) is 13.7. The van der Waals surface area contributed by atoms with Crippen LogP contribution in [0.3, 0.4) is 0 Å². The van der Waals surface area contributed by atoms with Crippen molar-refractivity contribution in [2.24, 2.45) is 16.3 Å². The van der Waals surface area contributed by atoms with Crippen LogP contribution >= 0.6 is 34.4 Å². The fraction of sp³-hybridized carbons (Fsp3) is 0.333. The van der Waals surface area contributed by atoms with Crippen molar-refractivity contribution in [1.29, 1.82) is 0 Å². The molecule has 1 amide bonds. The number of hydrogen-bond donors (Lipinski definition) is 0. The molecule has 1 atom stereocenters. The number of aliphatic imine (C=N–C) groups is 1. The summed E-state index contributed by atoms with van der Waals surface area (Å²) in [5.74, 6) is 8.18. The van der Waals surface area contributed by atoms with Crippen molar-refractivity contribution in [2.45, 2.75) is 68.9 Å². The average molecular weight is 727 g/mol. The van der Waals surface area contributed by atoms with Crippen LogP contribution in [0.4, 0.5) is 0 Å². The molecule has 2 aromatic heterocycles. The van der Waals surface area contributed by atoms with Gasteiger partial charge in [0.05, 0.1) is 12.6 Å². The first-order valence-electron chi connectivity index (χ1n) is 17.7. The number of amides is 1. The van der Waals surface area contributed by atoms with Gasteiger partial charge in [-0.1, -0.05) is 66.1 Å². The second kappa shape index (κ2) is 13.5. The highest BCUT2D eigenvalue weighted by molar-refractivity contribution is 8.13. The van der Waals surface area contributed by atoms with E-state index >= 15 is 4.79 Å². The van der Waals surface area contributed by atoms with Crippen LogP contribution in [0.1, 0.15) is 66.3 Å². The Hall–Kier alpha value is -4.07. The SMILES string of the molecule is COC1CCC2(CC1)Cc1ccc(C#CC3CC3)cc1C21N=C(SCc2cccc(-c3nccs3)c2)N(Cc2cccc(-c3nccs3)c2)C1=O. The van der Waals surface area contributed by atoms with Crippen LogP contribution in [0.15, 0.2) is 94.9 Å². The van der Waals surface area contributed by atoms with E-state index in [0.29, 0.717) is 18.2 Å². The number of thiazole rings is 2. The molecule has 3 aromatic carbocycles. The number of thioether (sulfide) groups is 1. The number of amidine groups is 1. The molecule has 2 spiro atoms. The van der Waals surface area contributed by atoms with Crippen LogP contribution < -0.4 is 0 Å². The molecule has 256 valence electrons. The van der Waals surface area contributed by atoms with Crippen molar-refractivity contribution in [3.63, 3.8) is 0 Å². The number of carbonyl (C=O) groups excluding carboxylic acids is 1. The first-order valence-corrected chi connectivity index (χ1v) is 20.5. The maximum atomic E-state index is 15.6. The number of nitrogens with zero attached hydrogens (tertiary/aromatic N) is 4. The van der Waals surface area contributed by atoms with Gasteiger partial charge in [0.25, 0.3) is 5.91 Å². The quantitative estimate of drug-likeness (QED) is 0.157. The second-order valence-electron chi connectivity index (χ2n) is 14.2. The van der Waals surface area contributed by atoms with Crippen molar-refractivity contribution >= 4 is 45.5 Å². The minimum absolute atomic E-state index is 0.0862. The van der Waals surface area contributed by atoms with E-state index in [1.807, 2.05) is 35.2 Å². The first kappa shape index (κ1) is 32.8. The molecule has 2 fully saturated rings. The molecule has 9 rings (SSSR count). The largest absolute Gasteiger partial charge is 0.381 e. The summed E-state index contributed by atoms with van der Waals surface area (Å²) in [6, 6.07) is 23.6.